The molecule has 0 unspecified atom stereocenters. The SMILES string of the molecule is CC.COC(=O)c1ccc(OCCOCCF)cc1.Cc1ccc(S(=O)(=O)OCCOCCF)cc1.Cc1ccc(S(=O)(=O)OCCOCCO)cc1.I.O=C(O)c1ccc(OCCOCCF)cc1.OCCOCCO.[H-].[HH].[K+]. The van der Waals surface area contributed by atoms with Gasteiger partial charge in [-0.1, -0.05) is 49.2 Å². The fourth-order valence-electron chi connectivity index (χ4n) is 4.75. The molecule has 4 aromatic rings. The fourth-order valence-corrected chi connectivity index (χ4v) is 6.54. The Morgan fingerprint density at radius 1 is 0.474 bits per heavy atom. The minimum Gasteiger partial charge on any atom is -1.00 e. The monoisotopic (exact) mass is 1300 g/mol. The van der Waals surface area contributed by atoms with Crippen molar-refractivity contribution in [3.8, 4) is 11.5 Å². The predicted octanol–water partition coefficient (Wildman–Crippen LogP) is 3.98. The molecular weight excluding hydrogens is 1220 g/mol. The normalized spacial score (nSPS) is 10.2. The van der Waals surface area contributed by atoms with Gasteiger partial charge >= 0.3 is 63.3 Å². The van der Waals surface area contributed by atoms with Crippen LogP contribution in [0.25, 0.3) is 0 Å². The van der Waals surface area contributed by atoms with Crippen molar-refractivity contribution in [2.24, 2.45) is 0 Å². The molecule has 78 heavy (non-hydrogen) atoms. The number of carbonyl (C=O) groups excluding carboxylic acids is 1. The molecule has 0 aliphatic rings. The van der Waals surface area contributed by atoms with E-state index in [1.165, 1.54) is 43.5 Å². The van der Waals surface area contributed by atoms with E-state index in [1.54, 1.807) is 60.7 Å². The molecular formula is C51H79F3IKO20S2. The van der Waals surface area contributed by atoms with Crippen molar-refractivity contribution >= 4 is 56.2 Å². The Morgan fingerprint density at radius 2 is 0.769 bits per heavy atom. The van der Waals surface area contributed by atoms with Crippen LogP contribution in [0.5, 0.6) is 11.5 Å². The summed E-state index contributed by atoms with van der Waals surface area (Å²) in [6, 6.07) is 25.4. The first-order valence-corrected chi connectivity index (χ1v) is 26.5. The molecule has 0 saturated heterocycles. The summed E-state index contributed by atoms with van der Waals surface area (Å²) in [7, 11) is -6.12. The zero-order valence-electron chi connectivity index (χ0n) is 46.1. The van der Waals surface area contributed by atoms with Crippen molar-refractivity contribution in [1.29, 1.82) is 0 Å². The number of halogens is 4. The van der Waals surface area contributed by atoms with Crippen LogP contribution < -0.4 is 60.9 Å². The molecule has 0 amide bonds. The van der Waals surface area contributed by atoms with E-state index in [2.05, 4.69) is 9.47 Å². The molecule has 0 heterocycles. The summed E-state index contributed by atoms with van der Waals surface area (Å²) >= 11 is 0. The van der Waals surface area contributed by atoms with Crippen LogP contribution in [0.2, 0.25) is 0 Å². The summed E-state index contributed by atoms with van der Waals surface area (Å²) in [5.74, 6) is -0.170. The Bertz CT molecular complexity index is 2160. The van der Waals surface area contributed by atoms with E-state index >= 15 is 0 Å². The van der Waals surface area contributed by atoms with Crippen LogP contribution in [0.15, 0.2) is 107 Å². The van der Waals surface area contributed by atoms with Gasteiger partial charge in [-0.3, -0.25) is 8.37 Å². The molecule has 27 heteroatoms. The largest absolute Gasteiger partial charge is 1.00 e. The van der Waals surface area contributed by atoms with Crippen LogP contribution in [-0.2, 0) is 57.0 Å². The smallest absolute Gasteiger partial charge is 1.00 e. The van der Waals surface area contributed by atoms with Gasteiger partial charge in [-0.05, 0) is 86.6 Å². The third kappa shape index (κ3) is 43.8. The Labute approximate surface area is 519 Å². The molecule has 4 aromatic carbocycles. The van der Waals surface area contributed by atoms with Crippen molar-refractivity contribution in [1.82, 2.24) is 0 Å². The third-order valence-corrected chi connectivity index (χ3v) is 10.9. The van der Waals surface area contributed by atoms with Crippen molar-refractivity contribution in [3.63, 3.8) is 0 Å². The van der Waals surface area contributed by atoms with Crippen LogP contribution >= 0.6 is 24.0 Å². The minimum absolute atomic E-state index is 0. The third-order valence-electron chi connectivity index (χ3n) is 8.29. The topological polar surface area (TPSA) is 276 Å². The average Bonchev–Trinajstić information content (AvgIpc) is 3.42. The molecule has 0 atom stereocenters. The first kappa shape index (κ1) is 81.5. The van der Waals surface area contributed by atoms with Gasteiger partial charge in [-0.15, -0.1) is 24.0 Å². The number of carboxylic acids is 1. The van der Waals surface area contributed by atoms with Crippen molar-refractivity contribution in [3.05, 3.63) is 119 Å². The Morgan fingerprint density at radius 3 is 1.06 bits per heavy atom. The van der Waals surface area contributed by atoms with Gasteiger partial charge in [-0.25, -0.2) is 22.8 Å². The molecule has 4 rings (SSSR count). The zero-order valence-corrected chi connectivity index (χ0v) is 52.1. The molecule has 0 spiro atoms. The molecule has 4 N–H and O–H groups in total. The maximum absolute atomic E-state index is 11.7. The summed E-state index contributed by atoms with van der Waals surface area (Å²) < 4.78 is 130. The Kier molecular flexibility index (Phi) is 57.1. The summed E-state index contributed by atoms with van der Waals surface area (Å²) in [5, 5.41) is 33.3. The summed E-state index contributed by atoms with van der Waals surface area (Å²) in [6.07, 6.45) is 0. The maximum Gasteiger partial charge on any atom is 1.00 e. The first-order chi connectivity index (χ1) is 36.5. The number of hydrogen-bond donors (Lipinski definition) is 4. The molecule has 0 saturated carbocycles. The summed E-state index contributed by atoms with van der Waals surface area (Å²) in [6.45, 7) is 8.35. The van der Waals surface area contributed by atoms with E-state index in [-0.39, 0.29) is 172 Å². The van der Waals surface area contributed by atoms with E-state index in [4.69, 9.17) is 57.2 Å². The average molecular weight is 1300 g/mol. The first-order valence-electron chi connectivity index (χ1n) is 23.6. The van der Waals surface area contributed by atoms with Crippen molar-refractivity contribution in [2.75, 3.05) is 139 Å². The van der Waals surface area contributed by atoms with Gasteiger partial charge in [0.05, 0.1) is 127 Å². The summed E-state index contributed by atoms with van der Waals surface area (Å²) in [4.78, 5) is 21.9. The quantitative estimate of drug-likeness (QED) is 0.0177. The number of carbonyl (C=O) groups is 2. The molecule has 0 fully saturated rings. The number of benzene rings is 4. The van der Waals surface area contributed by atoms with E-state index in [1.807, 2.05) is 27.7 Å². The predicted molar refractivity (Wildman–Crippen MR) is 294 cm³/mol. The van der Waals surface area contributed by atoms with E-state index in [0.29, 0.717) is 56.7 Å². The van der Waals surface area contributed by atoms with E-state index in [9.17, 15) is 39.6 Å². The van der Waals surface area contributed by atoms with E-state index < -0.39 is 46.2 Å². The van der Waals surface area contributed by atoms with Crippen LogP contribution in [0.3, 0.4) is 0 Å². The van der Waals surface area contributed by atoms with Gasteiger partial charge in [0, 0.05) is 1.43 Å². The number of aliphatic hydroxyl groups is 3. The summed E-state index contributed by atoms with van der Waals surface area (Å²) in [5.41, 5.74) is 2.63. The van der Waals surface area contributed by atoms with Gasteiger partial charge in [0.25, 0.3) is 20.2 Å². The number of hydrogen-bond acceptors (Lipinski definition) is 19. The number of aromatic carboxylic acids is 1. The second kappa shape index (κ2) is 54.7. The van der Waals surface area contributed by atoms with Gasteiger partial charge in [0.15, 0.2) is 0 Å². The molecule has 0 aliphatic carbocycles. The second-order valence-electron chi connectivity index (χ2n) is 14.0. The van der Waals surface area contributed by atoms with Gasteiger partial charge in [-0.2, -0.15) is 16.8 Å². The maximum atomic E-state index is 11.7. The zero-order chi connectivity index (χ0) is 57.3. The molecule has 0 aliphatic heterocycles. The van der Waals surface area contributed by atoms with Gasteiger partial charge in [0.2, 0.25) is 0 Å². The number of esters is 1. The molecule has 444 valence electrons. The number of ether oxygens (including phenoxy) is 8. The standard InChI is InChI=1S/C12H15FO4.C11H15FO4S.C11H13FO4.C11H16O5S.C4H10O3.C2H6.HI.K.H2.H/c1-15-12(14)10-2-4-11(5-3-10)17-9-8-16-7-6-13;1-10-2-4-11(5-3-10)17(13,14)16-9-8-15-7-6-12;12-5-6-15-7-8-16-10-3-1-9(2-4-10)11(13)14;1-10-2-4-11(5-3-10)17(13,14)16-9-8-15-7-6-12;5-1-3-7-4-2-6;1-2;;;;/h2*2-5H,6-9H2,1H3;1-4H,5-8H2,(H,13,14);2-5,12H,6-9H2,1H3;5-6H,1-4H2;1-2H3;1H;;1H;/q;;;;;;;+1;;-1. The number of aliphatic hydroxyl groups excluding tert-OH is 3. The van der Waals surface area contributed by atoms with Gasteiger partial charge in [0.1, 0.15) is 44.7 Å². The number of methoxy groups -OCH3 is 1. The number of rotatable bonds is 32. The second-order valence-corrected chi connectivity index (χ2v) is 17.3. The molecule has 0 bridgehead atoms. The molecule has 0 aromatic heterocycles. The Balaban J connectivity index is -0.000000214. The Hall–Kier alpha value is -2.92. The van der Waals surface area contributed by atoms with Crippen molar-refractivity contribution < 1.29 is 161 Å². The number of alkyl halides is 3. The van der Waals surface area contributed by atoms with Crippen LogP contribution in [0.4, 0.5) is 13.2 Å². The van der Waals surface area contributed by atoms with Gasteiger partial charge < -0.3 is 59.7 Å². The van der Waals surface area contributed by atoms with E-state index in [0.717, 1.165) is 11.1 Å². The van der Waals surface area contributed by atoms with Crippen LogP contribution in [-0.4, -0.2) is 189 Å². The van der Waals surface area contributed by atoms with Crippen LogP contribution in [0, 0.1) is 13.8 Å². The minimum atomic E-state index is -3.74. The molecule has 0 radical (unpaired) electrons. The number of carboxylic acid groups (broad SMARTS) is 1. The van der Waals surface area contributed by atoms with Crippen LogP contribution in [0.1, 0.15) is 48.5 Å². The van der Waals surface area contributed by atoms with Crippen molar-refractivity contribution in [2.45, 2.75) is 37.5 Å². The fraction of sp³-hybridized carbons (Fsp3) is 0.490. The number of aryl methyl sites for hydroxylation is 2. The molecule has 20 nitrogen and oxygen atoms in total.